The van der Waals surface area contributed by atoms with Crippen LogP contribution in [0.1, 0.15) is 90.9 Å². The average Bonchev–Trinajstić information content (AvgIpc) is 2.33. The van der Waals surface area contributed by atoms with Crippen molar-refractivity contribution in [3.8, 4) is 0 Å². The zero-order valence-electron chi connectivity index (χ0n) is 11.0. The van der Waals surface area contributed by atoms with Crippen LogP contribution in [0.15, 0.2) is 0 Å². The molecule has 0 aromatic carbocycles. The van der Waals surface area contributed by atoms with Gasteiger partial charge in [-0.15, -0.1) is 0 Å². The van der Waals surface area contributed by atoms with Crippen LogP contribution in [-0.4, -0.2) is 0 Å². The van der Waals surface area contributed by atoms with Crippen molar-refractivity contribution in [1.29, 1.82) is 0 Å². The van der Waals surface area contributed by atoms with Crippen molar-refractivity contribution < 1.29 is 0 Å². The van der Waals surface area contributed by atoms with Gasteiger partial charge < -0.3 is 0 Å². The predicted molar refractivity (Wildman–Crippen MR) is 69.2 cm³/mol. The SMILES string of the molecule is CCC1(CC)CCCCCCCCCC1. The molecular formula is C15H30. The molecular weight excluding hydrogens is 180 g/mol. The molecule has 0 atom stereocenters. The fourth-order valence-electron chi connectivity index (χ4n) is 3.14. The minimum Gasteiger partial charge on any atom is -0.0649 e. The van der Waals surface area contributed by atoms with Gasteiger partial charge >= 0.3 is 0 Å². The first kappa shape index (κ1) is 13.1. The molecule has 0 heteroatoms. The molecule has 15 heavy (non-hydrogen) atoms. The normalized spacial score (nSPS) is 24.4. The molecule has 0 nitrogen and oxygen atoms in total. The van der Waals surface area contributed by atoms with Crippen LogP contribution in [0.5, 0.6) is 0 Å². The Morgan fingerprint density at radius 1 is 0.600 bits per heavy atom. The van der Waals surface area contributed by atoms with Gasteiger partial charge in [-0.1, -0.05) is 78.1 Å². The highest BCUT2D eigenvalue weighted by Crippen LogP contribution is 2.38. The quantitative estimate of drug-likeness (QED) is 0.548. The minimum atomic E-state index is 0.713. The topological polar surface area (TPSA) is 0 Å². The summed E-state index contributed by atoms with van der Waals surface area (Å²) in [5, 5.41) is 0. The van der Waals surface area contributed by atoms with Gasteiger partial charge in [0.25, 0.3) is 0 Å². The van der Waals surface area contributed by atoms with E-state index in [0.29, 0.717) is 5.41 Å². The van der Waals surface area contributed by atoms with Crippen molar-refractivity contribution in [2.45, 2.75) is 90.9 Å². The van der Waals surface area contributed by atoms with E-state index >= 15 is 0 Å². The molecule has 0 aromatic rings. The van der Waals surface area contributed by atoms with Gasteiger partial charge in [0.2, 0.25) is 0 Å². The van der Waals surface area contributed by atoms with Crippen molar-refractivity contribution in [3.63, 3.8) is 0 Å². The molecule has 90 valence electrons. The molecule has 1 aliphatic carbocycles. The van der Waals surface area contributed by atoms with Crippen LogP contribution in [0, 0.1) is 5.41 Å². The summed E-state index contributed by atoms with van der Waals surface area (Å²) in [6.07, 6.45) is 17.7. The van der Waals surface area contributed by atoms with E-state index in [1.54, 1.807) is 0 Å². The second kappa shape index (κ2) is 7.30. The van der Waals surface area contributed by atoms with E-state index in [9.17, 15) is 0 Å². The molecule has 0 saturated heterocycles. The van der Waals surface area contributed by atoms with E-state index in [0.717, 1.165) is 0 Å². The van der Waals surface area contributed by atoms with Crippen molar-refractivity contribution >= 4 is 0 Å². The summed E-state index contributed by atoms with van der Waals surface area (Å²) >= 11 is 0. The molecule has 0 aliphatic heterocycles. The van der Waals surface area contributed by atoms with Gasteiger partial charge in [0, 0.05) is 0 Å². The van der Waals surface area contributed by atoms with Crippen LogP contribution in [0.2, 0.25) is 0 Å². The smallest absolute Gasteiger partial charge is 0.0303 e. The molecule has 1 fully saturated rings. The zero-order valence-corrected chi connectivity index (χ0v) is 11.0. The second-order valence-corrected chi connectivity index (χ2v) is 5.54. The summed E-state index contributed by atoms with van der Waals surface area (Å²) in [7, 11) is 0. The molecule has 0 bridgehead atoms. The number of hydrogen-bond donors (Lipinski definition) is 0. The molecule has 0 spiro atoms. The summed E-state index contributed by atoms with van der Waals surface area (Å²) in [5.41, 5.74) is 0.713. The standard InChI is InChI=1S/C15H30/c1-3-15(4-2)13-11-9-7-5-6-8-10-12-14-15/h3-14H2,1-2H3. The van der Waals surface area contributed by atoms with Gasteiger partial charge in [-0.2, -0.15) is 0 Å². The molecule has 1 saturated carbocycles. The van der Waals surface area contributed by atoms with E-state index in [1.165, 1.54) is 77.0 Å². The summed E-state index contributed by atoms with van der Waals surface area (Å²) in [4.78, 5) is 0. The lowest BCUT2D eigenvalue weighted by molar-refractivity contribution is 0.204. The lowest BCUT2D eigenvalue weighted by Crippen LogP contribution is -2.18. The first-order valence-corrected chi connectivity index (χ1v) is 7.33. The van der Waals surface area contributed by atoms with E-state index in [1.807, 2.05) is 0 Å². The van der Waals surface area contributed by atoms with Crippen LogP contribution in [0.3, 0.4) is 0 Å². The van der Waals surface area contributed by atoms with Crippen LogP contribution in [-0.2, 0) is 0 Å². The Hall–Kier alpha value is 0. The largest absolute Gasteiger partial charge is 0.0649 e. The summed E-state index contributed by atoms with van der Waals surface area (Å²) in [5.74, 6) is 0. The fourth-order valence-corrected chi connectivity index (χ4v) is 3.14. The highest BCUT2D eigenvalue weighted by Gasteiger charge is 2.24. The van der Waals surface area contributed by atoms with Crippen molar-refractivity contribution in [1.82, 2.24) is 0 Å². The molecule has 0 unspecified atom stereocenters. The van der Waals surface area contributed by atoms with Crippen molar-refractivity contribution in [2.75, 3.05) is 0 Å². The summed E-state index contributed by atoms with van der Waals surface area (Å²) in [6, 6.07) is 0. The third-order valence-electron chi connectivity index (χ3n) is 4.66. The van der Waals surface area contributed by atoms with Crippen molar-refractivity contribution in [3.05, 3.63) is 0 Å². The maximum Gasteiger partial charge on any atom is -0.0303 e. The van der Waals surface area contributed by atoms with Gasteiger partial charge in [-0.05, 0) is 18.3 Å². The van der Waals surface area contributed by atoms with Gasteiger partial charge in [-0.25, -0.2) is 0 Å². The lowest BCUT2D eigenvalue weighted by atomic mass is 9.74. The second-order valence-electron chi connectivity index (χ2n) is 5.54. The first-order valence-electron chi connectivity index (χ1n) is 7.33. The monoisotopic (exact) mass is 210 g/mol. The van der Waals surface area contributed by atoms with E-state index < -0.39 is 0 Å². The molecule has 1 aliphatic rings. The molecule has 0 radical (unpaired) electrons. The minimum absolute atomic E-state index is 0.713. The Kier molecular flexibility index (Phi) is 6.36. The third kappa shape index (κ3) is 4.57. The third-order valence-corrected chi connectivity index (χ3v) is 4.66. The average molecular weight is 210 g/mol. The first-order chi connectivity index (χ1) is 7.33. The van der Waals surface area contributed by atoms with Gasteiger partial charge in [-0.3, -0.25) is 0 Å². The van der Waals surface area contributed by atoms with E-state index in [2.05, 4.69) is 13.8 Å². The molecule has 0 N–H and O–H groups in total. The van der Waals surface area contributed by atoms with E-state index in [-0.39, 0.29) is 0 Å². The molecule has 1 rings (SSSR count). The highest BCUT2D eigenvalue weighted by molar-refractivity contribution is 4.77. The maximum atomic E-state index is 2.41. The van der Waals surface area contributed by atoms with Crippen LogP contribution >= 0.6 is 0 Å². The molecule has 0 amide bonds. The molecule has 0 aromatic heterocycles. The Labute approximate surface area is 96.8 Å². The van der Waals surface area contributed by atoms with Crippen LogP contribution in [0.4, 0.5) is 0 Å². The Morgan fingerprint density at radius 2 is 0.933 bits per heavy atom. The van der Waals surface area contributed by atoms with Gasteiger partial charge in [0.1, 0.15) is 0 Å². The van der Waals surface area contributed by atoms with Crippen LogP contribution < -0.4 is 0 Å². The zero-order chi connectivity index (χ0) is 11.0. The van der Waals surface area contributed by atoms with Crippen molar-refractivity contribution in [2.24, 2.45) is 5.41 Å². The maximum absolute atomic E-state index is 2.41. The molecule has 0 heterocycles. The lowest BCUT2D eigenvalue weighted by Gasteiger charge is -2.32. The van der Waals surface area contributed by atoms with Gasteiger partial charge in [0.15, 0.2) is 0 Å². The Bertz CT molecular complexity index is 130. The van der Waals surface area contributed by atoms with Gasteiger partial charge in [0.05, 0.1) is 0 Å². The summed E-state index contributed by atoms with van der Waals surface area (Å²) < 4.78 is 0. The summed E-state index contributed by atoms with van der Waals surface area (Å²) in [6.45, 7) is 4.81. The Morgan fingerprint density at radius 3 is 1.27 bits per heavy atom. The number of hydrogen-bond acceptors (Lipinski definition) is 0. The predicted octanol–water partition coefficient (Wildman–Crippen LogP) is 5.71. The highest BCUT2D eigenvalue weighted by atomic mass is 14.3. The van der Waals surface area contributed by atoms with E-state index in [4.69, 9.17) is 0 Å². The fraction of sp³-hybridized carbons (Fsp3) is 1.00. The van der Waals surface area contributed by atoms with Crippen LogP contribution in [0.25, 0.3) is 0 Å². The Balaban J connectivity index is 2.44. The number of rotatable bonds is 2.